The zero-order valence-electron chi connectivity index (χ0n) is 12.9. The Morgan fingerprint density at radius 3 is 2.17 bits per heavy atom. The molecule has 0 unspecified atom stereocenters. The van der Waals surface area contributed by atoms with E-state index in [9.17, 15) is 14.4 Å². The Kier molecular flexibility index (Phi) is 3.48. The first kappa shape index (κ1) is 15.0. The van der Waals surface area contributed by atoms with Crippen molar-refractivity contribution in [3.63, 3.8) is 0 Å². The van der Waals surface area contributed by atoms with E-state index in [0.717, 1.165) is 0 Å². The van der Waals surface area contributed by atoms with Gasteiger partial charge in [0.25, 0.3) is 11.8 Å². The van der Waals surface area contributed by atoms with Crippen molar-refractivity contribution in [2.24, 2.45) is 0 Å². The Labute approximate surface area is 132 Å². The number of hydroxylamine groups is 2. The van der Waals surface area contributed by atoms with E-state index >= 15 is 0 Å². The summed E-state index contributed by atoms with van der Waals surface area (Å²) in [7, 11) is 0. The number of hydrogen-bond donors (Lipinski definition) is 0. The van der Waals surface area contributed by atoms with E-state index < -0.39 is 17.8 Å². The number of imide groups is 1. The summed E-state index contributed by atoms with van der Waals surface area (Å²) in [4.78, 5) is 41.7. The van der Waals surface area contributed by atoms with Crippen LogP contribution in [0.2, 0.25) is 0 Å². The van der Waals surface area contributed by atoms with Gasteiger partial charge in [-0.1, -0.05) is 17.2 Å². The highest BCUT2D eigenvalue weighted by molar-refractivity contribution is 6.21. The molecule has 0 N–H and O–H groups in total. The third-order valence-electron chi connectivity index (χ3n) is 3.68. The number of hydrogen-bond acceptors (Lipinski definition) is 5. The van der Waals surface area contributed by atoms with Gasteiger partial charge in [0.05, 0.1) is 23.0 Å². The molecule has 0 spiro atoms. The third-order valence-corrected chi connectivity index (χ3v) is 3.68. The van der Waals surface area contributed by atoms with E-state index in [4.69, 9.17) is 4.84 Å². The minimum absolute atomic E-state index is 0.0795. The van der Waals surface area contributed by atoms with Gasteiger partial charge >= 0.3 is 5.97 Å². The lowest BCUT2D eigenvalue weighted by molar-refractivity contribution is -0.0585. The van der Waals surface area contributed by atoms with Crippen LogP contribution in [0.5, 0.6) is 0 Å². The number of carbonyl (C=O) groups is 3. The molecule has 0 aliphatic carbocycles. The summed E-state index contributed by atoms with van der Waals surface area (Å²) in [5.74, 6) is -2.08. The molecule has 1 aromatic heterocycles. The molecular weight excluding hydrogens is 298 g/mol. The van der Waals surface area contributed by atoms with Crippen LogP contribution in [0.25, 0.3) is 0 Å². The first-order valence-electron chi connectivity index (χ1n) is 7.16. The molecule has 0 atom stereocenters. The van der Waals surface area contributed by atoms with Crippen LogP contribution in [-0.4, -0.2) is 32.6 Å². The van der Waals surface area contributed by atoms with E-state index in [2.05, 4.69) is 5.10 Å². The Morgan fingerprint density at radius 2 is 1.70 bits per heavy atom. The van der Waals surface area contributed by atoms with Crippen LogP contribution in [0.15, 0.2) is 30.5 Å². The maximum absolute atomic E-state index is 12.3. The van der Waals surface area contributed by atoms with E-state index in [-0.39, 0.29) is 22.7 Å². The summed E-state index contributed by atoms with van der Waals surface area (Å²) in [6.07, 6.45) is 1.37. The van der Waals surface area contributed by atoms with Crippen LogP contribution < -0.4 is 0 Å². The second-order valence-corrected chi connectivity index (χ2v) is 5.51. The van der Waals surface area contributed by atoms with Crippen molar-refractivity contribution in [1.82, 2.24) is 14.8 Å². The first-order chi connectivity index (χ1) is 10.9. The number of benzene rings is 1. The molecule has 3 rings (SSSR count). The SMILES string of the molecule is Cc1c(C(=O)ON2C(=O)c3ccccc3C2=O)cnn1C(C)C. The van der Waals surface area contributed by atoms with Crippen molar-refractivity contribution < 1.29 is 19.2 Å². The van der Waals surface area contributed by atoms with Crippen molar-refractivity contribution in [3.05, 3.63) is 52.8 Å². The molecule has 0 saturated carbocycles. The molecule has 1 aliphatic rings. The molecule has 1 aromatic carbocycles. The van der Waals surface area contributed by atoms with Gasteiger partial charge in [-0.15, -0.1) is 0 Å². The number of carbonyl (C=O) groups excluding carboxylic acids is 3. The summed E-state index contributed by atoms with van der Waals surface area (Å²) < 4.78 is 1.67. The minimum Gasteiger partial charge on any atom is -0.324 e. The molecule has 2 heterocycles. The molecule has 2 aromatic rings. The molecule has 23 heavy (non-hydrogen) atoms. The summed E-state index contributed by atoms with van der Waals surface area (Å²) in [6, 6.07) is 6.41. The Hall–Kier alpha value is -2.96. The van der Waals surface area contributed by atoms with Crippen LogP contribution in [-0.2, 0) is 4.84 Å². The minimum atomic E-state index is -0.788. The van der Waals surface area contributed by atoms with Gasteiger partial charge in [-0.25, -0.2) is 4.79 Å². The van der Waals surface area contributed by atoms with Crippen LogP contribution in [0.1, 0.15) is 56.7 Å². The predicted octanol–water partition coefficient (Wildman–Crippen LogP) is 2.14. The molecule has 7 heteroatoms. The fraction of sp³-hybridized carbons (Fsp3) is 0.250. The van der Waals surface area contributed by atoms with Crippen molar-refractivity contribution in [2.75, 3.05) is 0 Å². The second kappa shape index (κ2) is 5.35. The van der Waals surface area contributed by atoms with Gasteiger partial charge in [0.15, 0.2) is 0 Å². The van der Waals surface area contributed by atoms with Gasteiger partial charge in [-0.3, -0.25) is 14.3 Å². The number of nitrogens with zero attached hydrogens (tertiary/aromatic N) is 3. The van der Waals surface area contributed by atoms with Gasteiger partial charge in [0.2, 0.25) is 0 Å². The van der Waals surface area contributed by atoms with Gasteiger partial charge in [0.1, 0.15) is 5.56 Å². The van der Waals surface area contributed by atoms with Crippen LogP contribution in [0, 0.1) is 6.92 Å². The summed E-state index contributed by atoms with van der Waals surface area (Å²) in [6.45, 7) is 5.59. The molecule has 118 valence electrons. The van der Waals surface area contributed by atoms with Gasteiger partial charge in [0, 0.05) is 6.04 Å². The second-order valence-electron chi connectivity index (χ2n) is 5.51. The van der Waals surface area contributed by atoms with Crippen molar-refractivity contribution in [1.29, 1.82) is 0 Å². The summed E-state index contributed by atoms with van der Waals surface area (Å²) in [5.41, 5.74) is 1.27. The lowest BCUT2D eigenvalue weighted by Crippen LogP contribution is -2.32. The smallest absolute Gasteiger partial charge is 0.324 e. The third kappa shape index (κ3) is 2.30. The van der Waals surface area contributed by atoms with Crippen molar-refractivity contribution >= 4 is 17.8 Å². The maximum Gasteiger partial charge on any atom is 0.367 e. The summed E-state index contributed by atoms with van der Waals surface area (Å²) in [5, 5.41) is 4.62. The van der Waals surface area contributed by atoms with E-state index in [1.807, 2.05) is 13.8 Å². The monoisotopic (exact) mass is 313 g/mol. The number of amides is 2. The van der Waals surface area contributed by atoms with Crippen LogP contribution in [0.4, 0.5) is 0 Å². The maximum atomic E-state index is 12.3. The Morgan fingerprint density at radius 1 is 1.13 bits per heavy atom. The molecular formula is C16H15N3O4. The number of aromatic nitrogens is 2. The average molecular weight is 313 g/mol. The fourth-order valence-corrected chi connectivity index (χ4v) is 2.53. The molecule has 2 amide bonds. The highest BCUT2D eigenvalue weighted by atomic mass is 16.7. The molecule has 0 saturated heterocycles. The van der Waals surface area contributed by atoms with Gasteiger partial charge < -0.3 is 4.84 Å². The van der Waals surface area contributed by atoms with Gasteiger partial charge in [-0.05, 0) is 32.9 Å². The van der Waals surface area contributed by atoms with E-state index in [1.54, 1.807) is 23.7 Å². The molecule has 0 bridgehead atoms. The topological polar surface area (TPSA) is 81.5 Å². The predicted molar refractivity (Wildman–Crippen MR) is 79.7 cm³/mol. The van der Waals surface area contributed by atoms with Crippen LogP contribution >= 0.6 is 0 Å². The zero-order valence-corrected chi connectivity index (χ0v) is 12.9. The van der Waals surface area contributed by atoms with Crippen molar-refractivity contribution in [2.45, 2.75) is 26.8 Å². The average Bonchev–Trinajstić information content (AvgIpc) is 3.02. The molecule has 1 aliphatic heterocycles. The Bertz CT molecular complexity index is 787. The highest BCUT2D eigenvalue weighted by Crippen LogP contribution is 2.24. The molecule has 0 fully saturated rings. The summed E-state index contributed by atoms with van der Waals surface area (Å²) >= 11 is 0. The van der Waals surface area contributed by atoms with E-state index in [0.29, 0.717) is 10.8 Å². The standard InChI is InChI=1S/C16H15N3O4/c1-9(2)18-10(3)13(8-17-18)16(22)23-19-14(20)11-6-4-5-7-12(11)15(19)21/h4-9H,1-3H3. The lowest BCUT2D eigenvalue weighted by atomic mass is 10.1. The van der Waals surface area contributed by atoms with Gasteiger partial charge in [-0.2, -0.15) is 5.10 Å². The first-order valence-corrected chi connectivity index (χ1v) is 7.16. The zero-order chi connectivity index (χ0) is 16.7. The van der Waals surface area contributed by atoms with Crippen molar-refractivity contribution in [3.8, 4) is 0 Å². The fourth-order valence-electron chi connectivity index (χ4n) is 2.53. The number of fused-ring (bicyclic) bond motifs is 1. The lowest BCUT2D eigenvalue weighted by Gasteiger charge is -2.13. The normalized spacial score (nSPS) is 13.7. The molecule has 7 nitrogen and oxygen atoms in total. The molecule has 0 radical (unpaired) electrons. The Balaban J connectivity index is 1.85. The van der Waals surface area contributed by atoms with E-state index in [1.165, 1.54) is 18.3 Å². The largest absolute Gasteiger partial charge is 0.367 e. The quantitative estimate of drug-likeness (QED) is 0.811. The highest BCUT2D eigenvalue weighted by Gasteiger charge is 2.39. The van der Waals surface area contributed by atoms with Crippen LogP contribution in [0.3, 0.4) is 0 Å². The number of rotatable bonds is 3.